The molecule has 0 fully saturated rings. The van der Waals surface area contributed by atoms with Crippen LogP contribution in [0.1, 0.15) is 97.3 Å². The van der Waals surface area contributed by atoms with Crippen molar-refractivity contribution in [2.45, 2.75) is 103 Å². The van der Waals surface area contributed by atoms with E-state index >= 15 is 0 Å². The molecule has 0 aromatic rings. The molecular formula is C19H36O5. The van der Waals surface area contributed by atoms with Gasteiger partial charge in [-0.2, -0.15) is 0 Å². The molecule has 142 valence electrons. The molecule has 1 N–H and O–H groups in total. The average molecular weight is 344 g/mol. The molecule has 0 heterocycles. The fraction of sp³-hybridized carbons (Fsp3) is 0.895. The Morgan fingerprint density at radius 1 is 0.833 bits per heavy atom. The Labute approximate surface area is 147 Å². The van der Waals surface area contributed by atoms with Crippen LogP contribution in [0.15, 0.2) is 0 Å². The number of carboxylic acids is 1. The second-order valence-electron chi connectivity index (χ2n) is 6.51. The molecule has 1 atom stereocenters. The summed E-state index contributed by atoms with van der Waals surface area (Å²) in [5, 5.41) is 8.56. The van der Waals surface area contributed by atoms with Crippen molar-refractivity contribution >= 4 is 12.1 Å². The lowest BCUT2D eigenvalue weighted by Gasteiger charge is -2.10. The molecular weight excluding hydrogens is 308 g/mol. The summed E-state index contributed by atoms with van der Waals surface area (Å²) < 4.78 is 9.76. The van der Waals surface area contributed by atoms with Crippen molar-refractivity contribution in [1.29, 1.82) is 0 Å². The summed E-state index contributed by atoms with van der Waals surface area (Å²) in [4.78, 5) is 21.7. The molecule has 0 saturated heterocycles. The molecule has 5 nitrogen and oxygen atoms in total. The zero-order valence-corrected chi connectivity index (χ0v) is 15.6. The quantitative estimate of drug-likeness (QED) is 0.287. The van der Waals surface area contributed by atoms with Crippen molar-refractivity contribution in [2.75, 3.05) is 6.61 Å². The number of unbranched alkanes of at least 4 members (excludes halogenated alkanes) is 11. The highest BCUT2D eigenvalue weighted by atomic mass is 16.7. The molecule has 0 aromatic carbocycles. The van der Waals surface area contributed by atoms with Gasteiger partial charge in [-0.05, 0) is 13.3 Å². The summed E-state index contributed by atoms with van der Waals surface area (Å²) in [5.41, 5.74) is 0. The van der Waals surface area contributed by atoms with Crippen LogP contribution < -0.4 is 0 Å². The Morgan fingerprint density at radius 2 is 1.29 bits per heavy atom. The molecule has 5 heteroatoms. The number of hydrogen-bond acceptors (Lipinski definition) is 4. The fourth-order valence-corrected chi connectivity index (χ4v) is 2.58. The van der Waals surface area contributed by atoms with Gasteiger partial charge in [0.2, 0.25) is 0 Å². The smallest absolute Gasteiger partial charge is 0.481 e. The molecule has 0 unspecified atom stereocenters. The number of aliphatic carboxylic acids is 1. The molecule has 0 rings (SSSR count). The predicted molar refractivity (Wildman–Crippen MR) is 95.2 cm³/mol. The number of hydrogen-bond donors (Lipinski definition) is 1. The van der Waals surface area contributed by atoms with Gasteiger partial charge in [0.25, 0.3) is 0 Å². The standard InChI is InChI=1S/C19H36O5/c1-3-4-5-6-7-8-9-10-11-12-13-14-15-23-19(22)24-17(2)16-18(20)21/h17H,3-16H2,1-2H3,(H,20,21)/t17-/m1/s1. The largest absolute Gasteiger partial charge is 0.508 e. The van der Waals surface area contributed by atoms with Crippen molar-refractivity contribution in [3.05, 3.63) is 0 Å². The maximum atomic E-state index is 11.3. The van der Waals surface area contributed by atoms with Gasteiger partial charge in [0.05, 0.1) is 13.0 Å². The Morgan fingerprint density at radius 3 is 1.75 bits per heavy atom. The Balaban J connectivity index is 3.24. The number of ether oxygens (including phenoxy) is 2. The lowest BCUT2D eigenvalue weighted by Crippen LogP contribution is -2.19. The Kier molecular flexibility index (Phi) is 15.7. The van der Waals surface area contributed by atoms with Gasteiger partial charge in [-0.25, -0.2) is 4.79 Å². The minimum absolute atomic E-state index is 0.201. The minimum atomic E-state index is -0.990. The van der Waals surface area contributed by atoms with E-state index in [-0.39, 0.29) is 6.42 Å². The van der Waals surface area contributed by atoms with E-state index in [9.17, 15) is 9.59 Å². The van der Waals surface area contributed by atoms with E-state index in [4.69, 9.17) is 14.6 Å². The van der Waals surface area contributed by atoms with Gasteiger partial charge in [-0.3, -0.25) is 4.79 Å². The van der Waals surface area contributed by atoms with Crippen molar-refractivity contribution < 1.29 is 24.2 Å². The third kappa shape index (κ3) is 17.1. The van der Waals surface area contributed by atoms with E-state index in [1.54, 1.807) is 6.92 Å². The first-order chi connectivity index (χ1) is 11.6. The summed E-state index contributed by atoms with van der Waals surface area (Å²) in [6, 6.07) is 0. The summed E-state index contributed by atoms with van der Waals surface area (Å²) in [6.07, 6.45) is 13.5. The van der Waals surface area contributed by atoms with Crippen LogP contribution >= 0.6 is 0 Å². The van der Waals surface area contributed by atoms with Crippen LogP contribution in [-0.2, 0) is 14.3 Å². The maximum absolute atomic E-state index is 11.3. The van der Waals surface area contributed by atoms with Crippen LogP contribution in [0.3, 0.4) is 0 Å². The van der Waals surface area contributed by atoms with Crippen LogP contribution in [0, 0.1) is 0 Å². The number of rotatable bonds is 16. The van der Waals surface area contributed by atoms with Crippen molar-refractivity contribution in [3.63, 3.8) is 0 Å². The third-order valence-electron chi connectivity index (χ3n) is 3.98. The zero-order valence-electron chi connectivity index (χ0n) is 15.6. The van der Waals surface area contributed by atoms with Gasteiger partial charge in [-0.1, -0.05) is 77.6 Å². The Hall–Kier alpha value is -1.26. The molecule has 0 aliphatic heterocycles. The molecule has 0 saturated carbocycles. The molecule has 0 aliphatic rings. The van der Waals surface area contributed by atoms with E-state index < -0.39 is 18.2 Å². The van der Waals surface area contributed by atoms with E-state index in [2.05, 4.69) is 6.92 Å². The van der Waals surface area contributed by atoms with Gasteiger partial charge >= 0.3 is 12.1 Å². The predicted octanol–water partition coefficient (Wildman–Crippen LogP) is 5.70. The normalized spacial score (nSPS) is 11.9. The number of carboxylic acid groups (broad SMARTS) is 1. The number of carbonyl (C=O) groups excluding carboxylic acids is 1. The van der Waals surface area contributed by atoms with Crippen LogP contribution in [0.25, 0.3) is 0 Å². The molecule has 0 aromatic heterocycles. The summed E-state index contributed by atoms with van der Waals surface area (Å²) in [7, 11) is 0. The first-order valence-corrected chi connectivity index (χ1v) is 9.61. The van der Waals surface area contributed by atoms with Gasteiger partial charge in [0.1, 0.15) is 6.10 Å². The van der Waals surface area contributed by atoms with E-state index in [1.165, 1.54) is 64.2 Å². The van der Waals surface area contributed by atoms with Crippen molar-refractivity contribution in [2.24, 2.45) is 0 Å². The topological polar surface area (TPSA) is 72.8 Å². The molecule has 0 amide bonds. The van der Waals surface area contributed by atoms with Crippen LogP contribution in [0.4, 0.5) is 4.79 Å². The van der Waals surface area contributed by atoms with E-state index in [0.29, 0.717) is 6.61 Å². The van der Waals surface area contributed by atoms with Crippen LogP contribution in [0.2, 0.25) is 0 Å². The van der Waals surface area contributed by atoms with Crippen molar-refractivity contribution in [3.8, 4) is 0 Å². The molecule has 0 aliphatic carbocycles. The fourth-order valence-electron chi connectivity index (χ4n) is 2.58. The second-order valence-corrected chi connectivity index (χ2v) is 6.51. The highest BCUT2D eigenvalue weighted by Gasteiger charge is 2.13. The third-order valence-corrected chi connectivity index (χ3v) is 3.98. The highest BCUT2D eigenvalue weighted by Crippen LogP contribution is 2.12. The van der Waals surface area contributed by atoms with Gasteiger partial charge < -0.3 is 14.6 Å². The summed E-state index contributed by atoms with van der Waals surface area (Å²) in [6.45, 7) is 4.13. The average Bonchev–Trinajstić information content (AvgIpc) is 2.51. The molecule has 0 spiro atoms. The molecule has 24 heavy (non-hydrogen) atoms. The van der Waals surface area contributed by atoms with E-state index in [0.717, 1.165) is 12.8 Å². The van der Waals surface area contributed by atoms with Gasteiger partial charge in [0, 0.05) is 0 Å². The van der Waals surface area contributed by atoms with Crippen LogP contribution in [0.5, 0.6) is 0 Å². The van der Waals surface area contributed by atoms with Crippen LogP contribution in [-0.4, -0.2) is 29.9 Å². The van der Waals surface area contributed by atoms with Gasteiger partial charge in [0.15, 0.2) is 0 Å². The Bertz CT molecular complexity index is 317. The van der Waals surface area contributed by atoms with Crippen molar-refractivity contribution in [1.82, 2.24) is 0 Å². The first kappa shape index (κ1) is 22.7. The summed E-state index contributed by atoms with van der Waals surface area (Å²) in [5.74, 6) is -0.990. The van der Waals surface area contributed by atoms with Gasteiger partial charge in [-0.15, -0.1) is 0 Å². The molecule has 0 bridgehead atoms. The monoisotopic (exact) mass is 344 g/mol. The second kappa shape index (κ2) is 16.6. The maximum Gasteiger partial charge on any atom is 0.508 e. The first-order valence-electron chi connectivity index (χ1n) is 9.61. The SMILES string of the molecule is CCCCCCCCCCCCCCOC(=O)O[C@H](C)CC(=O)O. The lowest BCUT2D eigenvalue weighted by molar-refractivity contribution is -0.139. The highest BCUT2D eigenvalue weighted by molar-refractivity contribution is 5.68. The zero-order chi connectivity index (χ0) is 18.0. The summed E-state index contributed by atoms with van der Waals surface area (Å²) >= 11 is 0. The minimum Gasteiger partial charge on any atom is -0.481 e. The van der Waals surface area contributed by atoms with E-state index in [1.807, 2.05) is 0 Å². The lowest BCUT2D eigenvalue weighted by atomic mass is 10.1. The molecule has 0 radical (unpaired) electrons. The number of carbonyl (C=O) groups is 2.